The SMILES string of the molecule is Cc1oc(-c2ccccc2)nc1CCOc1ccc2cc(N)[nH]c2c1. The minimum Gasteiger partial charge on any atom is -0.493 e. The molecule has 2 heterocycles. The van der Waals surface area contributed by atoms with Crippen molar-refractivity contribution in [3.8, 4) is 17.2 Å². The smallest absolute Gasteiger partial charge is 0.226 e. The fraction of sp³-hybridized carbons (Fsp3) is 0.150. The Bertz CT molecular complexity index is 1000. The summed E-state index contributed by atoms with van der Waals surface area (Å²) in [7, 11) is 0. The number of oxazole rings is 1. The molecule has 0 unspecified atom stereocenters. The predicted octanol–water partition coefficient (Wildman–Crippen LogP) is 4.34. The minimum absolute atomic E-state index is 0.531. The van der Waals surface area contributed by atoms with Gasteiger partial charge in [-0.25, -0.2) is 4.98 Å². The minimum atomic E-state index is 0.531. The molecule has 0 fully saturated rings. The van der Waals surface area contributed by atoms with E-state index in [9.17, 15) is 0 Å². The molecule has 5 nitrogen and oxygen atoms in total. The number of hydrogen-bond donors (Lipinski definition) is 2. The van der Waals surface area contributed by atoms with Gasteiger partial charge in [-0.05, 0) is 37.3 Å². The second kappa shape index (κ2) is 6.36. The first-order valence-corrected chi connectivity index (χ1v) is 8.22. The van der Waals surface area contributed by atoms with Gasteiger partial charge in [-0.3, -0.25) is 0 Å². The lowest BCUT2D eigenvalue weighted by Gasteiger charge is -2.05. The number of H-pyrrole nitrogens is 1. The van der Waals surface area contributed by atoms with Crippen molar-refractivity contribution in [3.63, 3.8) is 0 Å². The first-order valence-electron chi connectivity index (χ1n) is 8.22. The highest BCUT2D eigenvalue weighted by atomic mass is 16.5. The Labute approximate surface area is 145 Å². The van der Waals surface area contributed by atoms with Crippen LogP contribution < -0.4 is 10.5 Å². The third kappa shape index (κ3) is 3.21. The van der Waals surface area contributed by atoms with E-state index >= 15 is 0 Å². The summed E-state index contributed by atoms with van der Waals surface area (Å²) in [6.07, 6.45) is 0.688. The Morgan fingerprint density at radius 2 is 1.96 bits per heavy atom. The van der Waals surface area contributed by atoms with E-state index in [1.54, 1.807) is 0 Å². The highest BCUT2D eigenvalue weighted by Crippen LogP contribution is 2.24. The number of nitrogens with one attached hydrogen (secondary N) is 1. The molecule has 3 N–H and O–H groups in total. The summed E-state index contributed by atoms with van der Waals surface area (Å²) < 4.78 is 11.6. The van der Waals surface area contributed by atoms with E-state index in [4.69, 9.17) is 14.9 Å². The van der Waals surface area contributed by atoms with E-state index in [0.717, 1.165) is 33.7 Å². The number of anilines is 1. The van der Waals surface area contributed by atoms with Gasteiger partial charge in [0, 0.05) is 23.4 Å². The average molecular weight is 333 g/mol. The van der Waals surface area contributed by atoms with Gasteiger partial charge in [-0.15, -0.1) is 0 Å². The number of aryl methyl sites for hydroxylation is 1. The van der Waals surface area contributed by atoms with Crippen LogP contribution in [0.1, 0.15) is 11.5 Å². The molecule has 0 aliphatic rings. The monoisotopic (exact) mass is 333 g/mol. The van der Waals surface area contributed by atoms with Gasteiger partial charge < -0.3 is 19.9 Å². The fourth-order valence-corrected chi connectivity index (χ4v) is 2.85. The van der Waals surface area contributed by atoms with Crippen molar-refractivity contribution in [2.75, 3.05) is 12.3 Å². The number of ether oxygens (including phenoxy) is 1. The molecule has 4 rings (SSSR count). The maximum Gasteiger partial charge on any atom is 0.226 e. The Morgan fingerprint density at radius 3 is 2.80 bits per heavy atom. The summed E-state index contributed by atoms with van der Waals surface area (Å²) in [6.45, 7) is 2.46. The summed E-state index contributed by atoms with van der Waals surface area (Å²) in [6, 6.07) is 17.7. The van der Waals surface area contributed by atoms with Crippen LogP contribution in [-0.4, -0.2) is 16.6 Å². The van der Waals surface area contributed by atoms with Crippen molar-refractivity contribution < 1.29 is 9.15 Å². The molecular weight excluding hydrogens is 314 g/mol. The second-order valence-corrected chi connectivity index (χ2v) is 5.96. The summed E-state index contributed by atoms with van der Waals surface area (Å²) in [5.74, 6) is 2.93. The third-order valence-electron chi connectivity index (χ3n) is 4.14. The van der Waals surface area contributed by atoms with Crippen LogP contribution in [0.5, 0.6) is 5.75 Å². The van der Waals surface area contributed by atoms with E-state index in [1.807, 2.05) is 61.5 Å². The van der Waals surface area contributed by atoms with E-state index < -0.39 is 0 Å². The molecule has 5 heteroatoms. The molecule has 4 aromatic rings. The number of benzene rings is 2. The van der Waals surface area contributed by atoms with Gasteiger partial charge >= 0.3 is 0 Å². The predicted molar refractivity (Wildman–Crippen MR) is 98.6 cm³/mol. The Hall–Kier alpha value is -3.21. The van der Waals surface area contributed by atoms with Crippen LogP contribution in [0, 0.1) is 6.92 Å². The zero-order valence-corrected chi connectivity index (χ0v) is 14.0. The summed E-state index contributed by atoms with van der Waals surface area (Å²) in [4.78, 5) is 7.70. The quantitative estimate of drug-likeness (QED) is 0.570. The molecule has 0 saturated carbocycles. The van der Waals surface area contributed by atoms with Crippen molar-refractivity contribution >= 4 is 16.7 Å². The number of nitrogens with zero attached hydrogens (tertiary/aromatic N) is 1. The molecule has 2 aromatic carbocycles. The van der Waals surface area contributed by atoms with Gasteiger partial charge in [0.05, 0.1) is 17.8 Å². The van der Waals surface area contributed by atoms with Crippen molar-refractivity contribution in [2.24, 2.45) is 0 Å². The molecule has 0 amide bonds. The van der Waals surface area contributed by atoms with Crippen LogP contribution in [0.2, 0.25) is 0 Å². The first kappa shape index (κ1) is 15.3. The van der Waals surface area contributed by atoms with Gasteiger partial charge in [-0.1, -0.05) is 18.2 Å². The van der Waals surface area contributed by atoms with Gasteiger partial charge in [0.2, 0.25) is 5.89 Å². The molecule has 25 heavy (non-hydrogen) atoms. The molecule has 0 aliphatic carbocycles. The van der Waals surface area contributed by atoms with Gasteiger partial charge in [0.25, 0.3) is 0 Å². The molecule has 0 radical (unpaired) electrons. The molecule has 0 atom stereocenters. The second-order valence-electron chi connectivity index (χ2n) is 5.96. The average Bonchev–Trinajstić information content (AvgIpc) is 3.17. The largest absolute Gasteiger partial charge is 0.493 e. The highest BCUT2D eigenvalue weighted by molar-refractivity contribution is 5.84. The molecule has 2 aromatic heterocycles. The summed E-state index contributed by atoms with van der Waals surface area (Å²) in [5, 5.41) is 1.07. The van der Waals surface area contributed by atoms with E-state index in [0.29, 0.717) is 24.7 Å². The maximum atomic E-state index is 5.85. The molecular formula is C20H19N3O2. The fourth-order valence-electron chi connectivity index (χ4n) is 2.85. The standard InChI is InChI=1S/C20H19N3O2/c1-13-17(23-20(25-13)14-5-3-2-4-6-14)9-10-24-16-8-7-15-11-19(21)22-18(15)12-16/h2-8,11-12,22H,9-10,21H2,1H3. The number of fused-ring (bicyclic) bond motifs is 1. The van der Waals surface area contributed by atoms with Crippen LogP contribution in [0.4, 0.5) is 5.82 Å². The Morgan fingerprint density at radius 1 is 1.12 bits per heavy atom. The third-order valence-corrected chi connectivity index (χ3v) is 4.14. The van der Waals surface area contributed by atoms with E-state index in [1.165, 1.54) is 0 Å². The summed E-state index contributed by atoms with van der Waals surface area (Å²) in [5.41, 5.74) is 8.64. The number of rotatable bonds is 5. The number of aromatic amines is 1. The lowest BCUT2D eigenvalue weighted by Crippen LogP contribution is -2.02. The Balaban J connectivity index is 1.43. The zero-order valence-electron chi connectivity index (χ0n) is 14.0. The van der Waals surface area contributed by atoms with Crippen LogP contribution >= 0.6 is 0 Å². The van der Waals surface area contributed by atoms with Crippen molar-refractivity contribution in [1.29, 1.82) is 0 Å². The first-order chi connectivity index (χ1) is 12.2. The van der Waals surface area contributed by atoms with Crippen LogP contribution in [0.15, 0.2) is 59.0 Å². The number of nitrogen functional groups attached to an aromatic ring is 1. The molecule has 0 spiro atoms. The highest BCUT2D eigenvalue weighted by Gasteiger charge is 2.11. The Kier molecular flexibility index (Phi) is 3.90. The normalized spacial score (nSPS) is 11.1. The van der Waals surface area contributed by atoms with Gasteiger partial charge in [-0.2, -0.15) is 0 Å². The van der Waals surface area contributed by atoms with Crippen LogP contribution in [-0.2, 0) is 6.42 Å². The van der Waals surface area contributed by atoms with Crippen molar-refractivity contribution in [1.82, 2.24) is 9.97 Å². The van der Waals surface area contributed by atoms with Gasteiger partial charge in [0.1, 0.15) is 17.3 Å². The number of nitrogens with two attached hydrogens (primary N) is 1. The zero-order chi connectivity index (χ0) is 17.2. The lowest BCUT2D eigenvalue weighted by molar-refractivity contribution is 0.320. The lowest BCUT2D eigenvalue weighted by atomic mass is 10.2. The topological polar surface area (TPSA) is 77.1 Å². The van der Waals surface area contributed by atoms with Crippen LogP contribution in [0.3, 0.4) is 0 Å². The molecule has 0 aliphatic heterocycles. The van der Waals surface area contributed by atoms with Crippen molar-refractivity contribution in [2.45, 2.75) is 13.3 Å². The summed E-state index contributed by atoms with van der Waals surface area (Å²) >= 11 is 0. The molecule has 0 saturated heterocycles. The molecule has 126 valence electrons. The van der Waals surface area contributed by atoms with Gasteiger partial charge in [0.15, 0.2) is 0 Å². The molecule has 0 bridgehead atoms. The van der Waals surface area contributed by atoms with Crippen molar-refractivity contribution in [3.05, 3.63) is 66.1 Å². The van der Waals surface area contributed by atoms with Crippen LogP contribution in [0.25, 0.3) is 22.4 Å². The van der Waals surface area contributed by atoms with E-state index in [-0.39, 0.29) is 0 Å². The number of aromatic nitrogens is 2. The maximum absolute atomic E-state index is 5.85. The van der Waals surface area contributed by atoms with E-state index in [2.05, 4.69) is 9.97 Å². The number of hydrogen-bond acceptors (Lipinski definition) is 4.